The number of nitrogens with two attached hydrogens (primary N) is 1. The van der Waals surface area contributed by atoms with Crippen molar-refractivity contribution >= 4 is 5.82 Å². The van der Waals surface area contributed by atoms with E-state index in [1.807, 2.05) is 19.2 Å². The van der Waals surface area contributed by atoms with Crippen molar-refractivity contribution in [2.45, 2.75) is 25.3 Å². The Balaban J connectivity index is 1.76. The Labute approximate surface area is 120 Å². The van der Waals surface area contributed by atoms with Crippen molar-refractivity contribution in [2.24, 2.45) is 5.73 Å². The lowest BCUT2D eigenvalue weighted by atomic mass is 9.99. The summed E-state index contributed by atoms with van der Waals surface area (Å²) in [4.78, 5) is 6.87. The number of anilines is 1. The molecule has 3 nitrogen and oxygen atoms in total. The third-order valence-corrected chi connectivity index (χ3v) is 4.08. The van der Waals surface area contributed by atoms with E-state index in [2.05, 4.69) is 46.3 Å². The largest absolute Gasteiger partial charge is 0.356 e. The van der Waals surface area contributed by atoms with Gasteiger partial charge >= 0.3 is 0 Å². The topological polar surface area (TPSA) is 42.1 Å². The molecule has 1 aromatic heterocycles. The van der Waals surface area contributed by atoms with Gasteiger partial charge in [-0.05, 0) is 36.6 Å². The van der Waals surface area contributed by atoms with Gasteiger partial charge in [0.05, 0.1) is 0 Å². The number of benzene rings is 1. The third kappa shape index (κ3) is 2.68. The zero-order valence-electron chi connectivity index (χ0n) is 11.9. The lowest BCUT2D eigenvalue weighted by Crippen LogP contribution is -2.21. The van der Waals surface area contributed by atoms with Gasteiger partial charge in [-0.25, -0.2) is 4.98 Å². The highest BCUT2D eigenvalue weighted by Crippen LogP contribution is 2.30. The summed E-state index contributed by atoms with van der Waals surface area (Å²) in [5.41, 5.74) is 8.53. The first-order valence-electron chi connectivity index (χ1n) is 7.25. The zero-order valence-corrected chi connectivity index (χ0v) is 11.9. The van der Waals surface area contributed by atoms with Crippen LogP contribution in [0.3, 0.4) is 0 Å². The first-order valence-corrected chi connectivity index (χ1v) is 7.25. The van der Waals surface area contributed by atoms with Crippen molar-refractivity contribution in [1.82, 2.24) is 4.98 Å². The minimum atomic E-state index is 0.0595. The molecule has 3 rings (SSSR count). The van der Waals surface area contributed by atoms with E-state index >= 15 is 0 Å². The second-order valence-corrected chi connectivity index (χ2v) is 5.58. The van der Waals surface area contributed by atoms with Gasteiger partial charge < -0.3 is 10.6 Å². The molecule has 104 valence electrons. The summed E-state index contributed by atoms with van der Waals surface area (Å²) in [5.74, 6) is 1.66. The molecule has 2 atom stereocenters. The Hall–Kier alpha value is -1.87. The Kier molecular flexibility index (Phi) is 3.70. The van der Waals surface area contributed by atoms with Gasteiger partial charge in [-0.15, -0.1) is 0 Å². The molecule has 1 aliphatic heterocycles. The fraction of sp³-hybridized carbons (Fsp3) is 0.353. The number of hydrogen-bond donors (Lipinski definition) is 1. The van der Waals surface area contributed by atoms with Gasteiger partial charge in [0, 0.05) is 31.2 Å². The molecule has 1 aliphatic rings. The van der Waals surface area contributed by atoms with Crippen LogP contribution in [0.25, 0.3) is 0 Å². The fourth-order valence-electron chi connectivity index (χ4n) is 2.86. The number of rotatable bonds is 3. The van der Waals surface area contributed by atoms with Gasteiger partial charge in [0.25, 0.3) is 0 Å². The monoisotopic (exact) mass is 267 g/mol. The molecule has 1 unspecified atom stereocenters. The predicted octanol–water partition coefficient (Wildman–Crippen LogP) is 3.10. The van der Waals surface area contributed by atoms with Crippen molar-refractivity contribution in [3.63, 3.8) is 0 Å². The van der Waals surface area contributed by atoms with Crippen LogP contribution in [0.1, 0.15) is 36.4 Å². The Bertz CT molecular complexity index is 565. The van der Waals surface area contributed by atoms with Gasteiger partial charge in [-0.1, -0.05) is 30.3 Å². The van der Waals surface area contributed by atoms with E-state index in [1.54, 1.807) is 0 Å². The van der Waals surface area contributed by atoms with E-state index in [4.69, 9.17) is 5.73 Å². The number of hydrogen-bond acceptors (Lipinski definition) is 3. The maximum atomic E-state index is 5.95. The summed E-state index contributed by atoms with van der Waals surface area (Å²) >= 11 is 0. The Morgan fingerprint density at radius 2 is 2.05 bits per heavy atom. The van der Waals surface area contributed by atoms with E-state index in [0.29, 0.717) is 5.92 Å². The maximum absolute atomic E-state index is 5.95. The molecule has 2 aromatic rings. The minimum Gasteiger partial charge on any atom is -0.356 e. The molecule has 0 bridgehead atoms. The average Bonchev–Trinajstić information content (AvgIpc) is 2.98. The Morgan fingerprint density at radius 1 is 1.25 bits per heavy atom. The van der Waals surface area contributed by atoms with Crippen LogP contribution >= 0.6 is 0 Å². The molecule has 0 aliphatic carbocycles. The van der Waals surface area contributed by atoms with Gasteiger partial charge in [0.1, 0.15) is 5.82 Å². The molecular weight excluding hydrogens is 246 g/mol. The van der Waals surface area contributed by atoms with Crippen LogP contribution in [0.2, 0.25) is 0 Å². The molecule has 0 radical (unpaired) electrons. The van der Waals surface area contributed by atoms with Crippen molar-refractivity contribution in [3.05, 3.63) is 59.8 Å². The molecule has 2 heterocycles. The van der Waals surface area contributed by atoms with Crippen LogP contribution in [0.5, 0.6) is 0 Å². The van der Waals surface area contributed by atoms with Crippen LogP contribution in [0.15, 0.2) is 48.7 Å². The van der Waals surface area contributed by atoms with E-state index in [-0.39, 0.29) is 6.04 Å². The van der Waals surface area contributed by atoms with Gasteiger partial charge in [-0.2, -0.15) is 0 Å². The second-order valence-electron chi connectivity index (χ2n) is 5.58. The summed E-state index contributed by atoms with van der Waals surface area (Å²) in [6.07, 6.45) is 3.05. The Morgan fingerprint density at radius 3 is 2.80 bits per heavy atom. The van der Waals surface area contributed by atoms with Crippen LogP contribution in [0.4, 0.5) is 5.82 Å². The van der Waals surface area contributed by atoms with Crippen LogP contribution in [0, 0.1) is 0 Å². The van der Waals surface area contributed by atoms with Crippen molar-refractivity contribution in [2.75, 3.05) is 18.0 Å². The molecule has 3 heteroatoms. The number of nitrogens with zero attached hydrogens (tertiary/aromatic N) is 2. The van der Waals surface area contributed by atoms with Crippen LogP contribution in [-0.4, -0.2) is 18.1 Å². The van der Waals surface area contributed by atoms with E-state index in [1.165, 1.54) is 12.0 Å². The first kappa shape index (κ1) is 13.1. The molecule has 0 saturated carbocycles. The SMILES string of the molecule is C[C@@H](N)c1ccnc(N2CCC(c3ccccc3)C2)c1. The first-order chi connectivity index (χ1) is 9.74. The highest BCUT2D eigenvalue weighted by atomic mass is 15.2. The summed E-state index contributed by atoms with van der Waals surface area (Å²) in [6, 6.07) is 14.9. The fourth-order valence-corrected chi connectivity index (χ4v) is 2.86. The number of aromatic nitrogens is 1. The van der Waals surface area contributed by atoms with E-state index in [0.717, 1.165) is 24.5 Å². The minimum absolute atomic E-state index is 0.0595. The average molecular weight is 267 g/mol. The smallest absolute Gasteiger partial charge is 0.128 e. The normalized spacial score (nSPS) is 20.1. The van der Waals surface area contributed by atoms with E-state index < -0.39 is 0 Å². The van der Waals surface area contributed by atoms with Crippen LogP contribution < -0.4 is 10.6 Å². The summed E-state index contributed by atoms with van der Waals surface area (Å²) in [6.45, 7) is 4.12. The van der Waals surface area contributed by atoms with E-state index in [9.17, 15) is 0 Å². The highest BCUT2D eigenvalue weighted by molar-refractivity contribution is 5.44. The molecule has 0 spiro atoms. The quantitative estimate of drug-likeness (QED) is 0.929. The number of pyridine rings is 1. The molecule has 2 N–H and O–H groups in total. The summed E-state index contributed by atoms with van der Waals surface area (Å²) in [5, 5.41) is 0. The third-order valence-electron chi connectivity index (χ3n) is 4.08. The van der Waals surface area contributed by atoms with Gasteiger partial charge in [-0.3, -0.25) is 0 Å². The standard InChI is InChI=1S/C17H21N3/c1-13(18)15-7-9-19-17(11-15)20-10-8-16(12-20)14-5-3-2-4-6-14/h2-7,9,11,13,16H,8,10,12,18H2,1H3/t13-,16?/m1/s1. The van der Waals surface area contributed by atoms with Crippen LogP contribution in [-0.2, 0) is 0 Å². The molecule has 1 aromatic carbocycles. The lowest BCUT2D eigenvalue weighted by molar-refractivity contribution is 0.773. The van der Waals surface area contributed by atoms with Crippen molar-refractivity contribution in [1.29, 1.82) is 0 Å². The maximum Gasteiger partial charge on any atom is 0.128 e. The summed E-state index contributed by atoms with van der Waals surface area (Å²) < 4.78 is 0. The molecule has 20 heavy (non-hydrogen) atoms. The van der Waals surface area contributed by atoms with Gasteiger partial charge in [0.2, 0.25) is 0 Å². The molecule has 1 saturated heterocycles. The molecule has 0 amide bonds. The predicted molar refractivity (Wildman–Crippen MR) is 82.9 cm³/mol. The van der Waals surface area contributed by atoms with Crippen molar-refractivity contribution < 1.29 is 0 Å². The van der Waals surface area contributed by atoms with Crippen molar-refractivity contribution in [3.8, 4) is 0 Å². The molecule has 1 fully saturated rings. The lowest BCUT2D eigenvalue weighted by Gasteiger charge is -2.19. The van der Waals surface area contributed by atoms with Gasteiger partial charge in [0.15, 0.2) is 0 Å². The zero-order chi connectivity index (χ0) is 13.9. The summed E-state index contributed by atoms with van der Waals surface area (Å²) in [7, 11) is 0. The molecular formula is C17H21N3. The highest BCUT2D eigenvalue weighted by Gasteiger charge is 2.24. The second kappa shape index (κ2) is 5.63.